The van der Waals surface area contributed by atoms with E-state index in [1.165, 1.54) is 0 Å². The Bertz CT molecular complexity index is 574. The van der Waals surface area contributed by atoms with Crippen LogP contribution in [0.15, 0.2) is 36.4 Å². The summed E-state index contributed by atoms with van der Waals surface area (Å²) in [5.41, 5.74) is 0. The maximum Gasteiger partial charge on any atom is 0.127 e. The van der Waals surface area contributed by atoms with E-state index in [2.05, 4.69) is 6.07 Å². The molecule has 0 amide bonds. The van der Waals surface area contributed by atoms with Gasteiger partial charge in [0.25, 0.3) is 0 Å². The third kappa shape index (κ3) is 2.51. The SMILES string of the molecule is CC(C#N)COc1ccc(Cl)c2ccccc12. The van der Waals surface area contributed by atoms with E-state index in [-0.39, 0.29) is 5.92 Å². The number of ether oxygens (including phenoxy) is 1. The average Bonchev–Trinajstić information content (AvgIpc) is 2.38. The van der Waals surface area contributed by atoms with Crippen LogP contribution < -0.4 is 4.74 Å². The van der Waals surface area contributed by atoms with Crippen LogP contribution in [0.5, 0.6) is 5.75 Å². The Labute approximate surface area is 105 Å². The summed E-state index contributed by atoms with van der Waals surface area (Å²) in [6, 6.07) is 13.6. The van der Waals surface area contributed by atoms with Crippen molar-refractivity contribution >= 4 is 22.4 Å². The zero-order valence-electron chi connectivity index (χ0n) is 9.48. The first-order valence-electron chi connectivity index (χ1n) is 5.42. The molecule has 17 heavy (non-hydrogen) atoms. The summed E-state index contributed by atoms with van der Waals surface area (Å²) >= 11 is 6.11. The highest BCUT2D eigenvalue weighted by Gasteiger charge is 2.06. The number of hydrogen-bond acceptors (Lipinski definition) is 2. The van der Waals surface area contributed by atoms with Crippen LogP contribution in [0.4, 0.5) is 0 Å². The Morgan fingerprint density at radius 3 is 2.65 bits per heavy atom. The molecule has 0 saturated carbocycles. The van der Waals surface area contributed by atoms with Gasteiger partial charge in [-0.1, -0.05) is 35.9 Å². The second kappa shape index (κ2) is 5.07. The van der Waals surface area contributed by atoms with Gasteiger partial charge in [-0.15, -0.1) is 0 Å². The molecule has 0 heterocycles. The van der Waals surface area contributed by atoms with E-state index in [9.17, 15) is 0 Å². The van der Waals surface area contributed by atoms with E-state index in [1.54, 1.807) is 0 Å². The zero-order valence-corrected chi connectivity index (χ0v) is 10.2. The summed E-state index contributed by atoms with van der Waals surface area (Å²) < 4.78 is 5.65. The quantitative estimate of drug-likeness (QED) is 0.818. The number of fused-ring (bicyclic) bond motifs is 1. The highest BCUT2D eigenvalue weighted by molar-refractivity contribution is 6.35. The maximum absolute atomic E-state index is 8.72. The molecule has 0 aliphatic rings. The van der Waals surface area contributed by atoms with Crippen LogP contribution >= 0.6 is 11.6 Å². The van der Waals surface area contributed by atoms with Crippen LogP contribution in [0.25, 0.3) is 10.8 Å². The predicted octanol–water partition coefficient (Wildman–Crippen LogP) is 4.03. The monoisotopic (exact) mass is 245 g/mol. The number of benzene rings is 2. The summed E-state index contributed by atoms with van der Waals surface area (Å²) in [5, 5.41) is 11.4. The smallest absolute Gasteiger partial charge is 0.127 e. The number of halogens is 1. The second-order valence-corrected chi connectivity index (χ2v) is 4.34. The van der Waals surface area contributed by atoms with E-state index in [0.29, 0.717) is 11.6 Å². The van der Waals surface area contributed by atoms with Gasteiger partial charge in [0.2, 0.25) is 0 Å². The Balaban J connectivity index is 2.36. The largest absolute Gasteiger partial charge is 0.492 e. The van der Waals surface area contributed by atoms with Crippen LogP contribution in [-0.2, 0) is 0 Å². The average molecular weight is 246 g/mol. The van der Waals surface area contributed by atoms with E-state index in [1.807, 2.05) is 43.3 Å². The lowest BCUT2D eigenvalue weighted by atomic mass is 10.1. The van der Waals surface area contributed by atoms with Crippen molar-refractivity contribution in [3.05, 3.63) is 41.4 Å². The summed E-state index contributed by atoms with van der Waals surface area (Å²) in [5.74, 6) is 0.650. The van der Waals surface area contributed by atoms with Crippen molar-refractivity contribution in [3.8, 4) is 11.8 Å². The van der Waals surface area contributed by atoms with Crippen molar-refractivity contribution in [2.45, 2.75) is 6.92 Å². The second-order valence-electron chi connectivity index (χ2n) is 3.93. The minimum atomic E-state index is -0.121. The highest BCUT2D eigenvalue weighted by Crippen LogP contribution is 2.31. The minimum Gasteiger partial charge on any atom is -0.492 e. The topological polar surface area (TPSA) is 33.0 Å². The van der Waals surface area contributed by atoms with Gasteiger partial charge in [-0.05, 0) is 19.1 Å². The molecule has 0 aliphatic carbocycles. The molecule has 0 aliphatic heterocycles. The molecule has 2 rings (SSSR count). The normalized spacial score (nSPS) is 12.1. The third-order valence-electron chi connectivity index (χ3n) is 2.54. The molecule has 1 unspecified atom stereocenters. The van der Waals surface area contributed by atoms with Gasteiger partial charge in [0.05, 0.1) is 12.0 Å². The number of nitriles is 1. The Morgan fingerprint density at radius 2 is 1.94 bits per heavy atom. The molecular weight excluding hydrogens is 234 g/mol. The van der Waals surface area contributed by atoms with E-state index >= 15 is 0 Å². The van der Waals surface area contributed by atoms with Crippen molar-refractivity contribution < 1.29 is 4.74 Å². The lowest BCUT2D eigenvalue weighted by Crippen LogP contribution is -2.06. The van der Waals surface area contributed by atoms with E-state index < -0.39 is 0 Å². The molecule has 2 nitrogen and oxygen atoms in total. The highest BCUT2D eigenvalue weighted by atomic mass is 35.5. The van der Waals surface area contributed by atoms with Crippen molar-refractivity contribution in [2.75, 3.05) is 6.61 Å². The van der Waals surface area contributed by atoms with Gasteiger partial charge in [0, 0.05) is 15.8 Å². The summed E-state index contributed by atoms with van der Waals surface area (Å²) in [4.78, 5) is 0. The third-order valence-corrected chi connectivity index (χ3v) is 2.87. The Hall–Kier alpha value is -1.72. The number of hydrogen-bond donors (Lipinski definition) is 0. The van der Waals surface area contributed by atoms with Crippen LogP contribution in [0.3, 0.4) is 0 Å². The molecule has 0 saturated heterocycles. The van der Waals surface area contributed by atoms with E-state index in [4.69, 9.17) is 21.6 Å². The van der Waals surface area contributed by atoms with Crippen LogP contribution in [0.1, 0.15) is 6.92 Å². The molecule has 0 fully saturated rings. The molecule has 0 N–H and O–H groups in total. The van der Waals surface area contributed by atoms with Crippen molar-refractivity contribution in [1.29, 1.82) is 5.26 Å². The molecule has 2 aromatic rings. The fraction of sp³-hybridized carbons (Fsp3) is 0.214. The van der Waals surface area contributed by atoms with Gasteiger partial charge in [0.15, 0.2) is 0 Å². The molecule has 0 aromatic heterocycles. The minimum absolute atomic E-state index is 0.121. The van der Waals surface area contributed by atoms with Crippen molar-refractivity contribution in [1.82, 2.24) is 0 Å². The molecule has 2 aromatic carbocycles. The first-order valence-corrected chi connectivity index (χ1v) is 5.80. The molecular formula is C14H12ClNO. The van der Waals surface area contributed by atoms with Gasteiger partial charge in [-0.3, -0.25) is 0 Å². The molecule has 0 bridgehead atoms. The van der Waals surface area contributed by atoms with Crippen LogP contribution in [0, 0.1) is 17.2 Å². The van der Waals surface area contributed by atoms with Crippen molar-refractivity contribution in [2.24, 2.45) is 5.92 Å². The predicted molar refractivity (Wildman–Crippen MR) is 69.2 cm³/mol. The number of rotatable bonds is 3. The van der Waals surface area contributed by atoms with Gasteiger partial charge >= 0.3 is 0 Å². The fourth-order valence-corrected chi connectivity index (χ4v) is 1.84. The van der Waals surface area contributed by atoms with Gasteiger partial charge in [-0.2, -0.15) is 5.26 Å². The lowest BCUT2D eigenvalue weighted by molar-refractivity contribution is 0.291. The number of nitrogens with zero attached hydrogens (tertiary/aromatic N) is 1. The van der Waals surface area contributed by atoms with Gasteiger partial charge < -0.3 is 4.74 Å². The molecule has 3 heteroatoms. The van der Waals surface area contributed by atoms with Crippen LogP contribution in [-0.4, -0.2) is 6.61 Å². The summed E-state index contributed by atoms with van der Waals surface area (Å²) in [7, 11) is 0. The summed E-state index contributed by atoms with van der Waals surface area (Å²) in [6.07, 6.45) is 0. The Morgan fingerprint density at radius 1 is 1.24 bits per heavy atom. The fourth-order valence-electron chi connectivity index (χ4n) is 1.61. The van der Waals surface area contributed by atoms with Gasteiger partial charge in [0.1, 0.15) is 12.4 Å². The molecule has 1 atom stereocenters. The standard InChI is InChI=1S/C14H12ClNO/c1-10(8-16)9-17-14-7-6-13(15)11-4-2-3-5-12(11)14/h2-7,10H,9H2,1H3. The molecule has 86 valence electrons. The van der Waals surface area contributed by atoms with Crippen LogP contribution in [0.2, 0.25) is 5.02 Å². The Kier molecular flexibility index (Phi) is 3.51. The first kappa shape index (κ1) is 11.8. The van der Waals surface area contributed by atoms with Crippen molar-refractivity contribution in [3.63, 3.8) is 0 Å². The van der Waals surface area contributed by atoms with E-state index in [0.717, 1.165) is 16.5 Å². The lowest BCUT2D eigenvalue weighted by Gasteiger charge is -2.10. The summed E-state index contributed by atoms with van der Waals surface area (Å²) in [6.45, 7) is 2.22. The van der Waals surface area contributed by atoms with Gasteiger partial charge in [-0.25, -0.2) is 0 Å². The molecule has 0 spiro atoms. The zero-order chi connectivity index (χ0) is 12.3. The maximum atomic E-state index is 8.72. The molecule has 0 radical (unpaired) electrons. The first-order chi connectivity index (χ1) is 8.22.